The number of anilines is 1. The number of hydrogen-bond acceptors (Lipinski definition) is 4. The maximum Gasteiger partial charge on any atom is 0.416 e. The molecular formula is C17H13F3N4O2. The van der Waals surface area contributed by atoms with E-state index in [4.69, 9.17) is 0 Å². The summed E-state index contributed by atoms with van der Waals surface area (Å²) in [7, 11) is 0. The van der Waals surface area contributed by atoms with Gasteiger partial charge in [0.1, 0.15) is 5.69 Å². The van der Waals surface area contributed by atoms with Gasteiger partial charge < -0.3 is 4.98 Å². The lowest BCUT2D eigenvalue weighted by atomic mass is 10.1. The summed E-state index contributed by atoms with van der Waals surface area (Å²) in [6, 6.07) is 9.76. The van der Waals surface area contributed by atoms with Crippen LogP contribution in [0.2, 0.25) is 0 Å². The van der Waals surface area contributed by atoms with Gasteiger partial charge in [-0.25, -0.2) is 0 Å². The fourth-order valence-electron chi connectivity index (χ4n) is 2.58. The lowest BCUT2D eigenvalue weighted by Crippen LogP contribution is -2.06. The van der Waals surface area contributed by atoms with Crippen molar-refractivity contribution in [3.05, 3.63) is 69.4 Å². The van der Waals surface area contributed by atoms with Gasteiger partial charge in [0.05, 0.1) is 16.7 Å². The molecule has 0 aliphatic heterocycles. The van der Waals surface area contributed by atoms with E-state index in [0.29, 0.717) is 6.07 Å². The second-order valence-corrected chi connectivity index (χ2v) is 5.57. The van der Waals surface area contributed by atoms with Gasteiger partial charge in [-0.3, -0.25) is 15.5 Å². The molecule has 0 spiro atoms. The molecule has 0 fully saturated rings. The lowest BCUT2D eigenvalue weighted by Gasteiger charge is -2.08. The Labute approximate surface area is 145 Å². The van der Waals surface area contributed by atoms with Crippen molar-refractivity contribution in [3.8, 4) is 0 Å². The lowest BCUT2D eigenvalue weighted by molar-refractivity contribution is -0.384. The minimum atomic E-state index is -4.66. The van der Waals surface area contributed by atoms with Gasteiger partial charge in [-0.05, 0) is 25.1 Å². The van der Waals surface area contributed by atoms with Gasteiger partial charge in [-0.1, -0.05) is 18.2 Å². The fraction of sp³-hybridized carbons (Fsp3) is 0.118. The third-order valence-electron chi connectivity index (χ3n) is 3.84. The standard InChI is InChI=1S/C17H13F3N4O2/c1-10-13(12-4-2-3-5-14(12)22-10)9-21-23-15-7-6-11(17(18,19)20)8-16(15)24(25)26/h2-9,22-23H,1H3. The average molecular weight is 362 g/mol. The molecule has 1 aromatic heterocycles. The van der Waals surface area contributed by atoms with Crippen LogP contribution in [0.4, 0.5) is 24.5 Å². The molecule has 0 bridgehead atoms. The summed E-state index contributed by atoms with van der Waals surface area (Å²) in [5, 5.41) is 15.9. The van der Waals surface area contributed by atoms with Gasteiger partial charge >= 0.3 is 6.18 Å². The predicted molar refractivity (Wildman–Crippen MR) is 92.4 cm³/mol. The minimum Gasteiger partial charge on any atom is -0.358 e. The first kappa shape index (κ1) is 17.5. The fourth-order valence-corrected chi connectivity index (χ4v) is 2.58. The van der Waals surface area contributed by atoms with Gasteiger partial charge in [0.25, 0.3) is 5.69 Å². The molecule has 3 aromatic rings. The number of H-pyrrole nitrogens is 1. The van der Waals surface area contributed by atoms with Crippen molar-refractivity contribution >= 4 is 28.5 Å². The number of nitro benzene ring substituents is 1. The van der Waals surface area contributed by atoms with E-state index < -0.39 is 22.4 Å². The molecule has 6 nitrogen and oxygen atoms in total. The van der Waals surface area contributed by atoms with Crippen LogP contribution in [0.15, 0.2) is 47.6 Å². The van der Waals surface area contributed by atoms with Crippen LogP contribution >= 0.6 is 0 Å². The van der Waals surface area contributed by atoms with Crippen molar-refractivity contribution in [2.75, 3.05) is 5.43 Å². The number of hydrazone groups is 1. The first-order chi connectivity index (χ1) is 12.3. The molecule has 2 N–H and O–H groups in total. The smallest absolute Gasteiger partial charge is 0.358 e. The number of nitro groups is 1. The van der Waals surface area contributed by atoms with E-state index >= 15 is 0 Å². The monoisotopic (exact) mass is 362 g/mol. The summed E-state index contributed by atoms with van der Waals surface area (Å²) in [4.78, 5) is 13.4. The quantitative estimate of drug-likeness (QED) is 0.395. The number of nitrogens with one attached hydrogen (secondary N) is 2. The number of fused-ring (bicyclic) bond motifs is 1. The molecule has 0 atom stereocenters. The van der Waals surface area contributed by atoms with E-state index in [0.717, 1.165) is 34.3 Å². The van der Waals surface area contributed by atoms with Crippen LogP contribution in [-0.2, 0) is 6.18 Å². The summed E-state index contributed by atoms with van der Waals surface area (Å²) in [6.45, 7) is 1.85. The number of aromatic amines is 1. The molecule has 0 unspecified atom stereocenters. The van der Waals surface area contributed by atoms with E-state index in [9.17, 15) is 23.3 Å². The maximum atomic E-state index is 12.7. The zero-order valence-electron chi connectivity index (χ0n) is 13.5. The second kappa shape index (κ2) is 6.51. The molecular weight excluding hydrogens is 349 g/mol. The SMILES string of the molecule is Cc1[nH]c2ccccc2c1C=NNc1ccc(C(F)(F)F)cc1[N+](=O)[O-]. The normalized spacial score (nSPS) is 12.0. The molecule has 134 valence electrons. The molecule has 2 aromatic carbocycles. The number of alkyl halides is 3. The van der Waals surface area contributed by atoms with Gasteiger partial charge in [0.2, 0.25) is 0 Å². The number of nitrogens with zero attached hydrogens (tertiary/aromatic N) is 2. The predicted octanol–water partition coefficient (Wildman–Crippen LogP) is 4.85. The Hall–Kier alpha value is -3.36. The van der Waals surface area contributed by atoms with Crippen LogP contribution in [0.5, 0.6) is 0 Å². The number of aromatic nitrogens is 1. The Balaban J connectivity index is 1.90. The molecule has 1 heterocycles. The summed E-state index contributed by atoms with van der Waals surface area (Å²) in [5.41, 5.74) is 3.06. The Kier molecular flexibility index (Phi) is 4.37. The van der Waals surface area contributed by atoms with Crippen LogP contribution < -0.4 is 5.43 Å². The maximum absolute atomic E-state index is 12.7. The Morgan fingerprint density at radius 3 is 2.65 bits per heavy atom. The van der Waals surface area contributed by atoms with Crippen LogP contribution in [0.3, 0.4) is 0 Å². The number of aryl methyl sites for hydroxylation is 1. The van der Waals surface area contributed by atoms with Crippen LogP contribution in [0, 0.1) is 17.0 Å². The number of benzene rings is 2. The van der Waals surface area contributed by atoms with Gasteiger partial charge in [0, 0.05) is 28.2 Å². The Morgan fingerprint density at radius 2 is 1.96 bits per heavy atom. The Morgan fingerprint density at radius 1 is 1.23 bits per heavy atom. The van der Waals surface area contributed by atoms with E-state index in [2.05, 4.69) is 15.5 Å². The minimum absolute atomic E-state index is 0.128. The molecule has 0 aliphatic rings. The van der Waals surface area contributed by atoms with Crippen molar-refractivity contribution < 1.29 is 18.1 Å². The Bertz CT molecular complexity index is 1010. The summed E-state index contributed by atoms with van der Waals surface area (Å²) in [5.74, 6) is 0. The zero-order chi connectivity index (χ0) is 18.9. The van der Waals surface area contributed by atoms with Crippen molar-refractivity contribution in [3.63, 3.8) is 0 Å². The molecule has 0 radical (unpaired) electrons. The molecule has 0 aliphatic carbocycles. The summed E-state index contributed by atoms with van der Waals surface area (Å²) < 4.78 is 38.2. The highest BCUT2D eigenvalue weighted by Gasteiger charge is 2.33. The summed E-state index contributed by atoms with van der Waals surface area (Å²) in [6.07, 6.45) is -3.19. The van der Waals surface area contributed by atoms with Crippen LogP contribution in [-0.4, -0.2) is 16.1 Å². The second-order valence-electron chi connectivity index (χ2n) is 5.57. The van der Waals surface area contributed by atoms with E-state index in [-0.39, 0.29) is 5.69 Å². The van der Waals surface area contributed by atoms with Crippen LogP contribution in [0.1, 0.15) is 16.8 Å². The summed E-state index contributed by atoms with van der Waals surface area (Å²) >= 11 is 0. The topological polar surface area (TPSA) is 83.3 Å². The number of para-hydroxylation sites is 1. The van der Waals surface area contributed by atoms with Crippen molar-refractivity contribution in [2.24, 2.45) is 5.10 Å². The van der Waals surface area contributed by atoms with Crippen molar-refractivity contribution in [1.29, 1.82) is 0 Å². The van der Waals surface area contributed by atoms with Crippen molar-refractivity contribution in [1.82, 2.24) is 4.98 Å². The highest BCUT2D eigenvalue weighted by molar-refractivity contribution is 6.00. The molecule has 0 amide bonds. The third-order valence-corrected chi connectivity index (χ3v) is 3.84. The van der Waals surface area contributed by atoms with Crippen molar-refractivity contribution in [2.45, 2.75) is 13.1 Å². The molecule has 0 saturated heterocycles. The number of rotatable bonds is 4. The zero-order valence-corrected chi connectivity index (χ0v) is 13.5. The van der Waals surface area contributed by atoms with Gasteiger partial charge in [0.15, 0.2) is 0 Å². The average Bonchev–Trinajstić information content (AvgIpc) is 2.89. The number of halogens is 3. The first-order valence-corrected chi connectivity index (χ1v) is 7.49. The van der Waals surface area contributed by atoms with Gasteiger partial charge in [-0.15, -0.1) is 0 Å². The van der Waals surface area contributed by atoms with E-state index in [1.807, 2.05) is 31.2 Å². The molecule has 0 saturated carbocycles. The third kappa shape index (κ3) is 3.37. The van der Waals surface area contributed by atoms with E-state index in [1.165, 1.54) is 6.21 Å². The highest BCUT2D eigenvalue weighted by Crippen LogP contribution is 2.35. The van der Waals surface area contributed by atoms with Crippen LogP contribution in [0.25, 0.3) is 10.9 Å². The molecule has 3 rings (SSSR count). The number of hydrogen-bond donors (Lipinski definition) is 2. The van der Waals surface area contributed by atoms with E-state index in [1.54, 1.807) is 0 Å². The highest BCUT2D eigenvalue weighted by atomic mass is 19.4. The first-order valence-electron chi connectivity index (χ1n) is 7.49. The molecule has 9 heteroatoms. The molecule has 26 heavy (non-hydrogen) atoms. The largest absolute Gasteiger partial charge is 0.416 e. The van der Waals surface area contributed by atoms with Gasteiger partial charge in [-0.2, -0.15) is 18.3 Å².